The molecule has 21 heavy (non-hydrogen) atoms. The van der Waals surface area contributed by atoms with Gasteiger partial charge in [-0.25, -0.2) is 4.39 Å². The highest BCUT2D eigenvalue weighted by molar-refractivity contribution is 5.81. The second-order valence-corrected chi connectivity index (χ2v) is 5.45. The van der Waals surface area contributed by atoms with E-state index in [1.807, 2.05) is 0 Å². The topological polar surface area (TPSA) is 55.6 Å². The zero-order chi connectivity index (χ0) is 15.2. The van der Waals surface area contributed by atoms with E-state index in [0.717, 1.165) is 37.9 Å². The molecule has 0 aromatic heterocycles. The molecule has 1 aromatic rings. The molecule has 1 aromatic carbocycles. The van der Waals surface area contributed by atoms with E-state index in [9.17, 15) is 9.18 Å². The molecule has 5 heteroatoms. The zero-order valence-corrected chi connectivity index (χ0v) is 12.5. The molecule has 1 amide bonds. The van der Waals surface area contributed by atoms with Gasteiger partial charge in [0.1, 0.15) is 0 Å². The molecule has 1 fully saturated rings. The summed E-state index contributed by atoms with van der Waals surface area (Å²) in [6.45, 7) is 3.68. The molecule has 2 rings (SSSR count). The molecule has 1 aliphatic rings. The molecule has 1 heterocycles. The van der Waals surface area contributed by atoms with Crippen LogP contribution in [-0.4, -0.2) is 36.5 Å². The van der Waals surface area contributed by atoms with Crippen LogP contribution in [0.25, 0.3) is 0 Å². The standard InChI is InChI=1S/C16H23FN2O2/c1-12(16(20)19-9-3-2-4-10-19)21-15-6-5-13(7-8-18)11-14(15)17/h5-6,11-12H,2-4,7-10,18H2,1H3. The highest BCUT2D eigenvalue weighted by Gasteiger charge is 2.24. The molecule has 0 bridgehead atoms. The largest absolute Gasteiger partial charge is 0.478 e. The Hall–Kier alpha value is -1.62. The molecule has 2 N–H and O–H groups in total. The summed E-state index contributed by atoms with van der Waals surface area (Å²) in [6, 6.07) is 4.77. The maximum absolute atomic E-state index is 13.9. The molecular formula is C16H23FN2O2. The van der Waals surface area contributed by atoms with Crippen LogP contribution in [0.5, 0.6) is 5.75 Å². The van der Waals surface area contributed by atoms with Crippen molar-refractivity contribution in [1.29, 1.82) is 0 Å². The highest BCUT2D eigenvalue weighted by Crippen LogP contribution is 2.21. The number of ether oxygens (including phenoxy) is 1. The van der Waals surface area contributed by atoms with E-state index < -0.39 is 11.9 Å². The second kappa shape index (κ2) is 7.41. The van der Waals surface area contributed by atoms with Gasteiger partial charge in [0, 0.05) is 13.1 Å². The maximum atomic E-state index is 13.9. The SMILES string of the molecule is CC(Oc1ccc(CCN)cc1F)C(=O)N1CCCCC1. The molecule has 0 aliphatic carbocycles. The van der Waals surface area contributed by atoms with Crippen molar-refractivity contribution in [2.45, 2.75) is 38.7 Å². The van der Waals surface area contributed by atoms with Gasteiger partial charge in [-0.05, 0) is 56.8 Å². The van der Waals surface area contributed by atoms with Crippen molar-refractivity contribution >= 4 is 5.91 Å². The molecule has 4 nitrogen and oxygen atoms in total. The van der Waals surface area contributed by atoms with Crippen molar-refractivity contribution in [3.05, 3.63) is 29.6 Å². The molecule has 1 saturated heterocycles. The number of likely N-dealkylation sites (tertiary alicyclic amines) is 1. The van der Waals surface area contributed by atoms with Crippen LogP contribution in [-0.2, 0) is 11.2 Å². The van der Waals surface area contributed by atoms with Gasteiger partial charge in [0.15, 0.2) is 17.7 Å². The van der Waals surface area contributed by atoms with Gasteiger partial charge in [0.25, 0.3) is 5.91 Å². The van der Waals surface area contributed by atoms with Crippen LogP contribution >= 0.6 is 0 Å². The summed E-state index contributed by atoms with van der Waals surface area (Å²) in [6.07, 6.45) is 3.18. The fourth-order valence-corrected chi connectivity index (χ4v) is 2.57. The van der Waals surface area contributed by atoms with Crippen LogP contribution < -0.4 is 10.5 Å². The summed E-state index contributed by atoms with van der Waals surface area (Å²) >= 11 is 0. The highest BCUT2D eigenvalue weighted by atomic mass is 19.1. The van der Waals surface area contributed by atoms with E-state index in [-0.39, 0.29) is 11.7 Å². The predicted octanol–water partition coefficient (Wildman–Crippen LogP) is 2.11. The van der Waals surface area contributed by atoms with Crippen LogP contribution in [0.1, 0.15) is 31.7 Å². The van der Waals surface area contributed by atoms with Gasteiger partial charge in [-0.15, -0.1) is 0 Å². The smallest absolute Gasteiger partial charge is 0.263 e. The Kier molecular flexibility index (Phi) is 5.56. The number of piperidine rings is 1. The Morgan fingerprint density at radius 1 is 1.38 bits per heavy atom. The number of benzene rings is 1. The Balaban J connectivity index is 1.98. The Labute approximate surface area is 125 Å². The lowest BCUT2D eigenvalue weighted by Gasteiger charge is -2.29. The van der Waals surface area contributed by atoms with Gasteiger partial charge in [0.05, 0.1) is 0 Å². The number of hydrogen-bond acceptors (Lipinski definition) is 3. The van der Waals surface area contributed by atoms with Crippen molar-refractivity contribution in [2.24, 2.45) is 5.73 Å². The Morgan fingerprint density at radius 2 is 2.10 bits per heavy atom. The van der Waals surface area contributed by atoms with Crippen molar-refractivity contribution in [2.75, 3.05) is 19.6 Å². The first kappa shape index (κ1) is 15.8. The maximum Gasteiger partial charge on any atom is 0.263 e. The van der Waals surface area contributed by atoms with Crippen LogP contribution in [0.4, 0.5) is 4.39 Å². The van der Waals surface area contributed by atoms with E-state index in [1.54, 1.807) is 24.0 Å². The van der Waals surface area contributed by atoms with E-state index >= 15 is 0 Å². The second-order valence-electron chi connectivity index (χ2n) is 5.45. The lowest BCUT2D eigenvalue weighted by molar-refractivity contribution is -0.138. The Morgan fingerprint density at radius 3 is 2.71 bits per heavy atom. The van der Waals surface area contributed by atoms with Gasteiger partial charge in [-0.2, -0.15) is 0 Å². The van der Waals surface area contributed by atoms with Crippen molar-refractivity contribution < 1.29 is 13.9 Å². The van der Waals surface area contributed by atoms with E-state index in [1.165, 1.54) is 6.07 Å². The summed E-state index contributed by atoms with van der Waals surface area (Å²) < 4.78 is 19.4. The third-order valence-corrected chi connectivity index (χ3v) is 3.75. The first-order valence-corrected chi connectivity index (χ1v) is 7.55. The third-order valence-electron chi connectivity index (χ3n) is 3.75. The Bertz CT molecular complexity index is 487. The summed E-state index contributed by atoms with van der Waals surface area (Å²) in [5.41, 5.74) is 6.28. The lowest BCUT2D eigenvalue weighted by atomic mass is 10.1. The first-order valence-electron chi connectivity index (χ1n) is 7.55. The number of hydrogen-bond donors (Lipinski definition) is 1. The average Bonchev–Trinajstić information content (AvgIpc) is 2.50. The van der Waals surface area contributed by atoms with Crippen molar-refractivity contribution in [3.63, 3.8) is 0 Å². The molecule has 0 radical (unpaired) electrons. The normalized spacial score (nSPS) is 16.6. The number of rotatable bonds is 5. The molecule has 0 saturated carbocycles. The number of carbonyl (C=O) groups is 1. The molecule has 1 unspecified atom stereocenters. The average molecular weight is 294 g/mol. The number of nitrogens with two attached hydrogens (primary N) is 1. The summed E-state index contributed by atoms with van der Waals surface area (Å²) in [7, 11) is 0. The van der Waals surface area contributed by atoms with Gasteiger partial charge < -0.3 is 15.4 Å². The number of nitrogens with zero attached hydrogens (tertiary/aromatic N) is 1. The fourth-order valence-electron chi connectivity index (χ4n) is 2.57. The van der Waals surface area contributed by atoms with Crippen molar-refractivity contribution in [1.82, 2.24) is 4.90 Å². The van der Waals surface area contributed by atoms with Crippen LogP contribution in [0.15, 0.2) is 18.2 Å². The lowest BCUT2D eigenvalue weighted by Crippen LogP contribution is -2.43. The van der Waals surface area contributed by atoms with Crippen LogP contribution in [0, 0.1) is 5.82 Å². The minimum atomic E-state index is -0.669. The summed E-state index contributed by atoms with van der Waals surface area (Å²) in [5, 5.41) is 0. The zero-order valence-electron chi connectivity index (χ0n) is 12.5. The minimum Gasteiger partial charge on any atom is -0.478 e. The molecule has 116 valence electrons. The molecule has 1 atom stereocenters. The summed E-state index contributed by atoms with van der Waals surface area (Å²) in [5.74, 6) is -0.395. The molecular weight excluding hydrogens is 271 g/mol. The number of halogens is 1. The van der Waals surface area contributed by atoms with Gasteiger partial charge >= 0.3 is 0 Å². The summed E-state index contributed by atoms with van der Waals surface area (Å²) in [4.78, 5) is 14.0. The molecule has 0 spiro atoms. The molecule has 1 aliphatic heterocycles. The van der Waals surface area contributed by atoms with E-state index in [2.05, 4.69) is 0 Å². The van der Waals surface area contributed by atoms with E-state index in [4.69, 9.17) is 10.5 Å². The number of amides is 1. The van der Waals surface area contributed by atoms with Gasteiger partial charge in [0.2, 0.25) is 0 Å². The predicted molar refractivity (Wildman–Crippen MR) is 79.7 cm³/mol. The monoisotopic (exact) mass is 294 g/mol. The van der Waals surface area contributed by atoms with Crippen LogP contribution in [0.2, 0.25) is 0 Å². The first-order chi connectivity index (χ1) is 10.1. The fraction of sp³-hybridized carbons (Fsp3) is 0.562. The van der Waals surface area contributed by atoms with E-state index in [0.29, 0.717) is 13.0 Å². The minimum absolute atomic E-state index is 0.0693. The van der Waals surface area contributed by atoms with Crippen LogP contribution in [0.3, 0.4) is 0 Å². The third kappa shape index (κ3) is 4.17. The van der Waals surface area contributed by atoms with Gasteiger partial charge in [-0.3, -0.25) is 4.79 Å². The van der Waals surface area contributed by atoms with Gasteiger partial charge in [-0.1, -0.05) is 6.07 Å². The number of carbonyl (C=O) groups excluding carboxylic acids is 1. The van der Waals surface area contributed by atoms with Crippen molar-refractivity contribution in [3.8, 4) is 5.75 Å². The quantitative estimate of drug-likeness (QED) is 0.905.